The lowest BCUT2D eigenvalue weighted by Gasteiger charge is -2.23. The van der Waals surface area contributed by atoms with E-state index in [1.165, 1.54) is 4.90 Å². The van der Waals surface area contributed by atoms with E-state index < -0.39 is 9.84 Å². The average molecular weight is 420 g/mol. The second-order valence-electron chi connectivity index (χ2n) is 7.15. The molecule has 1 saturated heterocycles. The molecule has 152 valence electrons. The maximum atomic E-state index is 13.0. The van der Waals surface area contributed by atoms with Gasteiger partial charge in [0.15, 0.2) is 9.84 Å². The van der Waals surface area contributed by atoms with Crippen molar-refractivity contribution in [2.45, 2.75) is 12.5 Å². The first-order valence-electron chi connectivity index (χ1n) is 9.47. The second kappa shape index (κ2) is 8.13. The summed E-state index contributed by atoms with van der Waals surface area (Å²) < 4.78 is 25.3. The number of hydrogen-bond donors (Lipinski definition) is 0. The summed E-state index contributed by atoms with van der Waals surface area (Å²) in [5.74, 6) is 6.08. The molecule has 3 aromatic rings. The summed E-state index contributed by atoms with van der Waals surface area (Å²) in [6, 6.07) is 10.4. The van der Waals surface area contributed by atoms with E-state index in [-0.39, 0.29) is 23.5 Å². The van der Waals surface area contributed by atoms with Gasteiger partial charge in [-0.1, -0.05) is 11.8 Å². The molecule has 1 aliphatic rings. The number of aromatic nitrogens is 3. The number of pyridine rings is 1. The zero-order chi connectivity index (χ0) is 21.1. The van der Waals surface area contributed by atoms with Crippen LogP contribution >= 0.6 is 0 Å². The summed E-state index contributed by atoms with van der Waals surface area (Å²) in [6.07, 6.45) is 7.29. The van der Waals surface area contributed by atoms with Crippen molar-refractivity contribution in [1.29, 1.82) is 0 Å². The first-order valence-corrected chi connectivity index (χ1v) is 11.3. The highest BCUT2D eigenvalue weighted by molar-refractivity contribution is 7.91. The van der Waals surface area contributed by atoms with Crippen molar-refractivity contribution in [2.24, 2.45) is 0 Å². The molecule has 3 heterocycles. The molecule has 1 amide bonds. The molecule has 8 heteroatoms. The minimum absolute atomic E-state index is 0.00821. The van der Waals surface area contributed by atoms with Crippen LogP contribution < -0.4 is 0 Å². The van der Waals surface area contributed by atoms with E-state index in [9.17, 15) is 13.2 Å². The van der Waals surface area contributed by atoms with Crippen molar-refractivity contribution in [2.75, 3.05) is 18.6 Å². The van der Waals surface area contributed by atoms with Crippen molar-refractivity contribution in [3.63, 3.8) is 0 Å². The first kappa shape index (κ1) is 19.9. The maximum absolute atomic E-state index is 13.0. The lowest BCUT2D eigenvalue weighted by atomic mass is 10.1. The van der Waals surface area contributed by atoms with Gasteiger partial charge in [-0.3, -0.25) is 9.78 Å². The molecule has 0 N–H and O–H groups in total. The molecule has 0 bridgehead atoms. The monoisotopic (exact) mass is 420 g/mol. The fourth-order valence-electron chi connectivity index (χ4n) is 3.41. The minimum Gasteiger partial charge on any atom is -0.338 e. The van der Waals surface area contributed by atoms with E-state index in [2.05, 4.69) is 21.9 Å². The molecule has 1 fully saturated rings. The summed E-state index contributed by atoms with van der Waals surface area (Å²) in [4.78, 5) is 18.6. The van der Waals surface area contributed by atoms with Crippen LogP contribution in [0.5, 0.6) is 0 Å². The van der Waals surface area contributed by atoms with Crippen molar-refractivity contribution < 1.29 is 13.2 Å². The van der Waals surface area contributed by atoms with E-state index in [0.717, 1.165) is 11.3 Å². The molecule has 1 atom stereocenters. The standard InChI is InChI=1S/C22H20N4O3S/c1-25(20-9-13-30(28,29)16-20)22(27)19-7-8-21(26-12-3-11-24-26)18(14-19)6-5-17-4-2-10-23-15-17/h2-4,7-8,10-12,14-15,20H,9,13,16H2,1H3/t20-/m0/s1. The lowest BCUT2D eigenvalue weighted by molar-refractivity contribution is 0.0747. The maximum Gasteiger partial charge on any atom is 0.253 e. The quantitative estimate of drug-likeness (QED) is 0.605. The summed E-state index contributed by atoms with van der Waals surface area (Å²) in [6.45, 7) is 0. The van der Waals surface area contributed by atoms with Crippen LogP contribution in [0.15, 0.2) is 61.2 Å². The molecule has 1 aliphatic heterocycles. The Morgan fingerprint density at radius 3 is 2.73 bits per heavy atom. The van der Waals surface area contributed by atoms with Crippen LogP contribution in [0.25, 0.3) is 5.69 Å². The first-order chi connectivity index (χ1) is 14.4. The minimum atomic E-state index is -3.07. The van der Waals surface area contributed by atoms with Gasteiger partial charge in [0.2, 0.25) is 0 Å². The van der Waals surface area contributed by atoms with E-state index >= 15 is 0 Å². The van der Waals surface area contributed by atoms with Gasteiger partial charge in [0.05, 0.1) is 22.8 Å². The van der Waals surface area contributed by atoms with Gasteiger partial charge in [0.1, 0.15) is 0 Å². The Morgan fingerprint density at radius 2 is 2.07 bits per heavy atom. The molecule has 4 rings (SSSR count). The largest absolute Gasteiger partial charge is 0.338 e. The highest BCUT2D eigenvalue weighted by Gasteiger charge is 2.33. The third-order valence-electron chi connectivity index (χ3n) is 5.07. The number of hydrogen-bond acceptors (Lipinski definition) is 5. The van der Waals surface area contributed by atoms with Crippen molar-refractivity contribution in [3.8, 4) is 17.5 Å². The predicted octanol–water partition coefficient (Wildman–Crippen LogP) is 1.93. The van der Waals surface area contributed by atoms with Crippen LogP contribution in [0.2, 0.25) is 0 Å². The average Bonchev–Trinajstić information content (AvgIpc) is 3.41. The molecule has 0 radical (unpaired) electrons. The Bertz CT molecular complexity index is 1230. The highest BCUT2D eigenvalue weighted by atomic mass is 32.2. The number of rotatable bonds is 3. The summed E-state index contributed by atoms with van der Waals surface area (Å²) in [5.41, 5.74) is 2.60. The van der Waals surface area contributed by atoms with Crippen LogP contribution in [0.1, 0.15) is 27.9 Å². The molecule has 1 aromatic carbocycles. The Hall–Kier alpha value is -3.44. The molecular formula is C22H20N4O3S. The van der Waals surface area contributed by atoms with Crippen LogP contribution in [0.3, 0.4) is 0 Å². The molecule has 0 spiro atoms. The second-order valence-corrected chi connectivity index (χ2v) is 9.38. The summed E-state index contributed by atoms with van der Waals surface area (Å²) in [7, 11) is -1.42. The van der Waals surface area contributed by atoms with Gasteiger partial charge in [-0.15, -0.1) is 0 Å². The van der Waals surface area contributed by atoms with Gasteiger partial charge in [-0.25, -0.2) is 13.1 Å². The number of amides is 1. The van der Waals surface area contributed by atoms with Gasteiger partial charge < -0.3 is 4.90 Å². The molecule has 30 heavy (non-hydrogen) atoms. The van der Waals surface area contributed by atoms with Crippen molar-refractivity contribution in [1.82, 2.24) is 19.7 Å². The SMILES string of the molecule is CN(C(=O)c1ccc(-n2cccn2)c(C#Cc2cccnc2)c1)[C@H]1CCS(=O)(=O)C1. The zero-order valence-electron chi connectivity index (χ0n) is 16.4. The van der Waals surface area contributed by atoms with Gasteiger partial charge >= 0.3 is 0 Å². The van der Waals surface area contributed by atoms with Crippen LogP contribution in [-0.4, -0.2) is 58.6 Å². The van der Waals surface area contributed by atoms with Gasteiger partial charge in [0, 0.05) is 49.0 Å². The van der Waals surface area contributed by atoms with Crippen LogP contribution in [-0.2, 0) is 9.84 Å². The van der Waals surface area contributed by atoms with Crippen LogP contribution in [0.4, 0.5) is 0 Å². The van der Waals surface area contributed by atoms with Gasteiger partial charge in [-0.05, 0) is 42.8 Å². The van der Waals surface area contributed by atoms with Crippen molar-refractivity contribution in [3.05, 3.63) is 77.9 Å². The molecular weight excluding hydrogens is 400 g/mol. The van der Waals surface area contributed by atoms with Gasteiger partial charge in [0.25, 0.3) is 5.91 Å². The van der Waals surface area contributed by atoms with Gasteiger partial charge in [-0.2, -0.15) is 5.10 Å². The number of benzene rings is 1. The van der Waals surface area contributed by atoms with E-state index in [1.54, 1.807) is 48.5 Å². The number of sulfone groups is 1. The molecule has 0 saturated carbocycles. The lowest BCUT2D eigenvalue weighted by Crippen LogP contribution is -2.37. The predicted molar refractivity (Wildman–Crippen MR) is 113 cm³/mol. The molecule has 0 aliphatic carbocycles. The summed E-state index contributed by atoms with van der Waals surface area (Å²) in [5, 5.41) is 4.27. The zero-order valence-corrected chi connectivity index (χ0v) is 17.2. The third kappa shape index (κ3) is 4.26. The Morgan fingerprint density at radius 1 is 1.20 bits per heavy atom. The normalized spacial score (nSPS) is 17.2. The molecule has 7 nitrogen and oxygen atoms in total. The Balaban J connectivity index is 1.68. The Labute approximate surface area is 175 Å². The molecule has 0 unspecified atom stereocenters. The number of carbonyl (C=O) groups is 1. The number of nitrogens with zero attached hydrogens (tertiary/aromatic N) is 4. The Kier molecular flexibility index (Phi) is 5.38. The fourth-order valence-corrected chi connectivity index (χ4v) is 5.18. The van der Waals surface area contributed by atoms with Crippen molar-refractivity contribution >= 4 is 15.7 Å². The van der Waals surface area contributed by atoms with Crippen LogP contribution in [0, 0.1) is 11.8 Å². The third-order valence-corrected chi connectivity index (χ3v) is 6.82. The van der Waals surface area contributed by atoms with E-state index in [4.69, 9.17) is 0 Å². The summed E-state index contributed by atoms with van der Waals surface area (Å²) >= 11 is 0. The fraction of sp³-hybridized carbons (Fsp3) is 0.227. The topological polar surface area (TPSA) is 85.2 Å². The molecule has 2 aromatic heterocycles. The smallest absolute Gasteiger partial charge is 0.253 e. The van der Waals surface area contributed by atoms with E-state index in [1.807, 2.05) is 24.4 Å². The number of carbonyl (C=O) groups excluding carboxylic acids is 1. The highest BCUT2D eigenvalue weighted by Crippen LogP contribution is 2.21. The van der Waals surface area contributed by atoms with E-state index in [0.29, 0.717) is 17.5 Å².